The molecule has 11 heteroatoms. The van der Waals surface area contributed by atoms with Crippen LogP contribution in [0.25, 0.3) is 5.69 Å². The van der Waals surface area contributed by atoms with Gasteiger partial charge in [0, 0.05) is 42.6 Å². The largest absolute Gasteiger partial charge is 0.356 e. The van der Waals surface area contributed by atoms with Gasteiger partial charge in [-0.3, -0.25) is 24.3 Å². The Bertz CT molecular complexity index is 1130. The third-order valence-electron chi connectivity index (χ3n) is 4.20. The zero-order valence-electron chi connectivity index (χ0n) is 16.4. The summed E-state index contributed by atoms with van der Waals surface area (Å²) < 4.78 is 1.78. The van der Waals surface area contributed by atoms with Gasteiger partial charge in [0.05, 0.1) is 16.4 Å². The van der Waals surface area contributed by atoms with Crippen LogP contribution in [0.3, 0.4) is 0 Å². The van der Waals surface area contributed by atoms with Crippen molar-refractivity contribution in [2.24, 2.45) is 0 Å². The van der Waals surface area contributed by atoms with Crippen LogP contribution in [0.2, 0.25) is 5.02 Å². The summed E-state index contributed by atoms with van der Waals surface area (Å²) >= 11 is 7.30. The topological polar surface area (TPSA) is 120 Å². The molecule has 3 rings (SSSR count). The number of benzene rings is 2. The monoisotopic (exact) mass is 459 g/mol. The summed E-state index contributed by atoms with van der Waals surface area (Å²) in [5.74, 6) is 0.201. The van der Waals surface area contributed by atoms with Crippen molar-refractivity contribution in [1.82, 2.24) is 20.1 Å². The Morgan fingerprint density at radius 3 is 2.68 bits per heavy atom. The molecule has 0 atom stereocenters. The van der Waals surface area contributed by atoms with Gasteiger partial charge in [-0.1, -0.05) is 41.6 Å². The number of rotatable bonds is 9. The zero-order chi connectivity index (χ0) is 22.4. The molecule has 9 nitrogen and oxygen atoms in total. The number of non-ortho nitro benzene ring substituents is 1. The lowest BCUT2D eigenvalue weighted by Gasteiger charge is -2.11. The van der Waals surface area contributed by atoms with Crippen molar-refractivity contribution in [2.75, 3.05) is 12.3 Å². The van der Waals surface area contributed by atoms with Crippen molar-refractivity contribution in [3.05, 3.63) is 75.1 Å². The fourth-order valence-corrected chi connectivity index (χ4v) is 3.84. The van der Waals surface area contributed by atoms with Crippen molar-refractivity contribution < 1.29 is 14.5 Å². The summed E-state index contributed by atoms with van der Waals surface area (Å²) in [5, 5.41) is 23.1. The van der Waals surface area contributed by atoms with Crippen LogP contribution in [-0.4, -0.2) is 43.7 Å². The van der Waals surface area contributed by atoms with Crippen LogP contribution in [0.4, 0.5) is 5.69 Å². The van der Waals surface area contributed by atoms with E-state index in [1.165, 1.54) is 43.0 Å². The Balaban J connectivity index is 1.82. The number of nitro groups is 1. The number of amides is 1. The Hall–Kier alpha value is -3.24. The van der Waals surface area contributed by atoms with Crippen LogP contribution < -0.4 is 5.32 Å². The molecular formula is C20H18ClN5O4S. The fraction of sp³-hybridized carbons (Fsp3) is 0.200. The molecule has 2 aromatic carbocycles. The molecule has 0 aliphatic rings. The second kappa shape index (κ2) is 10.2. The number of nitro benzene ring substituents is 1. The number of halogens is 1. The SMILES string of the molecule is CC(=O)NCCc1nnc(SCC(=O)c2cccc([N+](=O)[O-])c2)n1-c1cccc(Cl)c1. The lowest BCUT2D eigenvalue weighted by Crippen LogP contribution is -2.23. The first-order chi connectivity index (χ1) is 14.8. The number of ketones is 1. The van der Waals surface area contributed by atoms with Gasteiger partial charge < -0.3 is 5.32 Å². The van der Waals surface area contributed by atoms with E-state index in [0.717, 1.165) is 5.69 Å². The summed E-state index contributed by atoms with van der Waals surface area (Å²) in [7, 11) is 0. The third-order valence-corrected chi connectivity index (χ3v) is 5.36. The minimum absolute atomic E-state index is 0.0194. The van der Waals surface area contributed by atoms with Crippen molar-refractivity contribution in [3.63, 3.8) is 0 Å². The van der Waals surface area contributed by atoms with E-state index in [4.69, 9.17) is 11.6 Å². The molecule has 0 unspecified atom stereocenters. The molecule has 0 saturated heterocycles. The molecule has 160 valence electrons. The van der Waals surface area contributed by atoms with Gasteiger partial charge >= 0.3 is 0 Å². The normalized spacial score (nSPS) is 10.6. The van der Waals surface area contributed by atoms with E-state index in [1.807, 2.05) is 6.07 Å². The van der Waals surface area contributed by atoms with Gasteiger partial charge in [-0.2, -0.15) is 0 Å². The van der Waals surface area contributed by atoms with E-state index < -0.39 is 4.92 Å². The molecule has 1 amide bonds. The molecule has 0 fully saturated rings. The summed E-state index contributed by atoms with van der Waals surface area (Å²) in [6, 6.07) is 12.7. The number of nitrogens with zero attached hydrogens (tertiary/aromatic N) is 4. The van der Waals surface area contributed by atoms with E-state index in [-0.39, 0.29) is 28.7 Å². The number of hydrogen-bond donors (Lipinski definition) is 1. The van der Waals surface area contributed by atoms with Crippen LogP contribution in [-0.2, 0) is 11.2 Å². The first kappa shape index (κ1) is 22.4. The van der Waals surface area contributed by atoms with Gasteiger partial charge in [0.25, 0.3) is 5.69 Å². The molecule has 0 spiro atoms. The molecule has 3 aromatic rings. The lowest BCUT2D eigenvalue weighted by molar-refractivity contribution is -0.384. The standard InChI is InChI=1S/C20H18ClN5O4S/c1-13(27)22-9-8-19-23-24-20(25(19)16-6-3-5-15(21)11-16)31-12-18(28)14-4-2-7-17(10-14)26(29)30/h2-7,10-11H,8-9,12H2,1H3,(H,22,27). The maximum Gasteiger partial charge on any atom is 0.270 e. The number of nitrogens with one attached hydrogen (secondary N) is 1. The summed E-state index contributed by atoms with van der Waals surface area (Å²) in [5.41, 5.74) is 0.834. The number of aromatic nitrogens is 3. The molecule has 31 heavy (non-hydrogen) atoms. The number of carbonyl (C=O) groups excluding carboxylic acids is 2. The molecule has 0 radical (unpaired) electrons. The van der Waals surface area contributed by atoms with E-state index in [0.29, 0.717) is 29.0 Å². The maximum absolute atomic E-state index is 12.6. The highest BCUT2D eigenvalue weighted by Crippen LogP contribution is 2.25. The number of hydrogen-bond acceptors (Lipinski definition) is 7. The molecule has 0 aliphatic carbocycles. The van der Waals surface area contributed by atoms with Gasteiger partial charge in [-0.05, 0) is 18.2 Å². The van der Waals surface area contributed by atoms with E-state index in [2.05, 4.69) is 15.5 Å². The molecule has 0 saturated carbocycles. The lowest BCUT2D eigenvalue weighted by atomic mass is 10.1. The highest BCUT2D eigenvalue weighted by Gasteiger charge is 2.18. The highest BCUT2D eigenvalue weighted by atomic mass is 35.5. The van der Waals surface area contributed by atoms with E-state index in [9.17, 15) is 19.7 Å². The average molecular weight is 460 g/mol. The minimum Gasteiger partial charge on any atom is -0.356 e. The average Bonchev–Trinajstić information content (AvgIpc) is 3.14. The molecule has 0 aliphatic heterocycles. The van der Waals surface area contributed by atoms with E-state index in [1.54, 1.807) is 22.8 Å². The second-order valence-corrected chi connectivity index (χ2v) is 7.85. The van der Waals surface area contributed by atoms with Crippen LogP contribution >= 0.6 is 23.4 Å². The Morgan fingerprint density at radius 2 is 1.97 bits per heavy atom. The zero-order valence-corrected chi connectivity index (χ0v) is 18.0. The number of thioether (sulfide) groups is 1. The van der Waals surface area contributed by atoms with Crippen LogP contribution in [0.1, 0.15) is 23.1 Å². The predicted octanol–water partition coefficient (Wildman–Crippen LogP) is 3.48. The smallest absolute Gasteiger partial charge is 0.270 e. The molecule has 1 heterocycles. The van der Waals surface area contributed by atoms with Crippen LogP contribution in [0.5, 0.6) is 0 Å². The van der Waals surface area contributed by atoms with Gasteiger partial charge in [-0.15, -0.1) is 10.2 Å². The van der Waals surface area contributed by atoms with Gasteiger partial charge in [-0.25, -0.2) is 0 Å². The van der Waals surface area contributed by atoms with Crippen LogP contribution in [0, 0.1) is 10.1 Å². The number of carbonyl (C=O) groups is 2. The maximum atomic E-state index is 12.6. The van der Waals surface area contributed by atoms with Crippen molar-refractivity contribution in [2.45, 2.75) is 18.5 Å². The summed E-state index contributed by atoms with van der Waals surface area (Å²) in [6.45, 7) is 1.81. The highest BCUT2D eigenvalue weighted by molar-refractivity contribution is 7.99. The first-order valence-electron chi connectivity index (χ1n) is 9.20. The summed E-state index contributed by atoms with van der Waals surface area (Å²) in [6.07, 6.45) is 0.429. The van der Waals surface area contributed by atoms with E-state index >= 15 is 0 Å². The molecule has 1 aromatic heterocycles. The first-order valence-corrected chi connectivity index (χ1v) is 10.6. The van der Waals surface area contributed by atoms with Gasteiger partial charge in [0.15, 0.2) is 10.9 Å². The molecule has 0 bridgehead atoms. The van der Waals surface area contributed by atoms with Crippen molar-refractivity contribution >= 4 is 40.7 Å². The molecular weight excluding hydrogens is 442 g/mol. The van der Waals surface area contributed by atoms with Crippen molar-refractivity contribution in [3.8, 4) is 5.69 Å². The third kappa shape index (κ3) is 5.89. The quantitative estimate of drug-likeness (QED) is 0.225. The number of Topliss-reactive ketones (excluding diaryl/α,β-unsaturated/α-hetero) is 1. The van der Waals surface area contributed by atoms with Gasteiger partial charge in [0.1, 0.15) is 5.82 Å². The predicted molar refractivity (Wildman–Crippen MR) is 117 cm³/mol. The Morgan fingerprint density at radius 1 is 1.19 bits per heavy atom. The second-order valence-electron chi connectivity index (χ2n) is 6.47. The van der Waals surface area contributed by atoms with Gasteiger partial charge in [0.2, 0.25) is 5.91 Å². The Labute approximate surface area is 187 Å². The van der Waals surface area contributed by atoms with Crippen molar-refractivity contribution in [1.29, 1.82) is 0 Å². The summed E-state index contributed by atoms with van der Waals surface area (Å²) in [4.78, 5) is 34.1. The Kier molecular flexibility index (Phi) is 7.37. The fourth-order valence-electron chi connectivity index (χ4n) is 2.79. The van der Waals surface area contributed by atoms with Crippen LogP contribution in [0.15, 0.2) is 53.7 Å². The minimum atomic E-state index is -0.541. The molecule has 1 N–H and O–H groups in total.